The van der Waals surface area contributed by atoms with Crippen LogP contribution in [-0.2, 0) is 6.54 Å². The second kappa shape index (κ2) is 7.07. The van der Waals surface area contributed by atoms with E-state index in [1.54, 1.807) is 0 Å². The highest BCUT2D eigenvalue weighted by Crippen LogP contribution is 2.27. The molecule has 2 heterocycles. The van der Waals surface area contributed by atoms with Crippen molar-refractivity contribution in [2.45, 2.75) is 26.5 Å². The topological polar surface area (TPSA) is 41.5 Å². The third-order valence-corrected chi connectivity index (χ3v) is 4.21. The van der Waals surface area contributed by atoms with Crippen LogP contribution in [0.25, 0.3) is 0 Å². The Balaban J connectivity index is 1.57. The van der Waals surface area contributed by atoms with Gasteiger partial charge in [-0.25, -0.2) is 0 Å². The number of anilines is 1. The fourth-order valence-corrected chi connectivity index (χ4v) is 3.14. The van der Waals surface area contributed by atoms with E-state index in [0.717, 1.165) is 38.5 Å². The Kier molecular flexibility index (Phi) is 4.90. The molecule has 0 amide bonds. The van der Waals surface area contributed by atoms with Crippen molar-refractivity contribution in [2.24, 2.45) is 0 Å². The summed E-state index contributed by atoms with van der Waals surface area (Å²) in [5.74, 6) is 1.58. The zero-order chi connectivity index (χ0) is 15.4. The van der Waals surface area contributed by atoms with Crippen LogP contribution in [0.15, 0.2) is 30.3 Å². The second-order valence-corrected chi connectivity index (χ2v) is 6.34. The van der Waals surface area contributed by atoms with E-state index in [1.165, 1.54) is 17.3 Å². The minimum Gasteiger partial charge on any atom is -0.472 e. The van der Waals surface area contributed by atoms with Gasteiger partial charge in [-0.3, -0.25) is 4.90 Å². The Morgan fingerprint density at radius 3 is 2.50 bits per heavy atom. The van der Waals surface area contributed by atoms with Gasteiger partial charge in [-0.15, -0.1) is 4.37 Å². The van der Waals surface area contributed by atoms with Crippen LogP contribution in [0.4, 0.5) is 5.82 Å². The van der Waals surface area contributed by atoms with Crippen molar-refractivity contribution in [3.63, 3.8) is 0 Å². The van der Waals surface area contributed by atoms with Crippen molar-refractivity contribution in [1.29, 1.82) is 0 Å². The van der Waals surface area contributed by atoms with Gasteiger partial charge in [0.2, 0.25) is 5.82 Å². The summed E-state index contributed by atoms with van der Waals surface area (Å²) in [5, 5.41) is 0. The van der Waals surface area contributed by atoms with E-state index in [4.69, 9.17) is 4.74 Å². The molecule has 1 aliphatic rings. The van der Waals surface area contributed by atoms with Crippen LogP contribution in [0, 0.1) is 0 Å². The first-order chi connectivity index (χ1) is 10.7. The third kappa shape index (κ3) is 3.75. The zero-order valence-corrected chi connectivity index (χ0v) is 13.9. The van der Waals surface area contributed by atoms with Gasteiger partial charge in [0.15, 0.2) is 0 Å². The minimum absolute atomic E-state index is 0.127. The maximum absolute atomic E-state index is 5.74. The fraction of sp³-hybridized carbons (Fsp3) is 0.500. The van der Waals surface area contributed by atoms with Gasteiger partial charge in [-0.05, 0) is 19.4 Å². The summed E-state index contributed by atoms with van der Waals surface area (Å²) in [6.45, 7) is 9.04. The summed E-state index contributed by atoms with van der Waals surface area (Å²) in [7, 11) is 0. The molecule has 0 aliphatic carbocycles. The average Bonchev–Trinajstić information content (AvgIpc) is 2.96. The van der Waals surface area contributed by atoms with Gasteiger partial charge in [0, 0.05) is 32.7 Å². The highest BCUT2D eigenvalue weighted by Gasteiger charge is 2.23. The molecular weight excluding hydrogens is 296 g/mol. The summed E-state index contributed by atoms with van der Waals surface area (Å²) in [6.07, 6.45) is 0.127. The lowest BCUT2D eigenvalue weighted by Crippen LogP contribution is -2.46. The predicted octanol–water partition coefficient (Wildman–Crippen LogP) is 2.65. The Bertz CT molecular complexity index is 579. The van der Waals surface area contributed by atoms with Crippen LogP contribution in [-0.4, -0.2) is 45.9 Å². The molecule has 1 aromatic carbocycles. The van der Waals surface area contributed by atoms with Crippen LogP contribution in [0.1, 0.15) is 19.4 Å². The van der Waals surface area contributed by atoms with Crippen LogP contribution < -0.4 is 9.64 Å². The van der Waals surface area contributed by atoms with Crippen molar-refractivity contribution in [3.8, 4) is 5.88 Å². The molecule has 1 fully saturated rings. The highest BCUT2D eigenvalue weighted by molar-refractivity contribution is 6.99. The predicted molar refractivity (Wildman–Crippen MR) is 89.6 cm³/mol. The van der Waals surface area contributed by atoms with E-state index in [0.29, 0.717) is 5.88 Å². The molecule has 3 rings (SSSR count). The summed E-state index contributed by atoms with van der Waals surface area (Å²) in [4.78, 5) is 4.76. The van der Waals surface area contributed by atoms with Crippen LogP contribution in [0.3, 0.4) is 0 Å². The molecule has 0 N–H and O–H groups in total. The van der Waals surface area contributed by atoms with E-state index in [9.17, 15) is 0 Å². The number of ether oxygens (including phenoxy) is 1. The minimum atomic E-state index is 0.127. The number of nitrogens with zero attached hydrogens (tertiary/aromatic N) is 4. The smallest absolute Gasteiger partial charge is 0.271 e. The number of hydrogen-bond acceptors (Lipinski definition) is 6. The summed E-state index contributed by atoms with van der Waals surface area (Å²) in [6, 6.07) is 10.6. The molecule has 2 aromatic rings. The molecule has 5 nitrogen and oxygen atoms in total. The molecule has 6 heteroatoms. The highest BCUT2D eigenvalue weighted by atomic mass is 32.1. The lowest BCUT2D eigenvalue weighted by molar-refractivity contribution is 0.229. The molecule has 0 unspecified atom stereocenters. The van der Waals surface area contributed by atoms with Gasteiger partial charge in [-0.1, -0.05) is 30.3 Å². The molecule has 0 bridgehead atoms. The molecule has 0 radical (unpaired) electrons. The average molecular weight is 318 g/mol. The number of rotatable bonds is 5. The Labute approximate surface area is 135 Å². The maximum atomic E-state index is 5.74. The van der Waals surface area contributed by atoms with Crippen LogP contribution in [0.5, 0.6) is 5.88 Å². The van der Waals surface area contributed by atoms with E-state index in [-0.39, 0.29) is 6.10 Å². The summed E-state index contributed by atoms with van der Waals surface area (Å²) >= 11 is 1.22. The quantitative estimate of drug-likeness (QED) is 0.848. The van der Waals surface area contributed by atoms with Crippen molar-refractivity contribution in [2.75, 3.05) is 31.1 Å². The van der Waals surface area contributed by atoms with Crippen molar-refractivity contribution < 1.29 is 4.74 Å². The van der Waals surface area contributed by atoms with E-state index < -0.39 is 0 Å². The van der Waals surface area contributed by atoms with E-state index in [2.05, 4.69) is 48.9 Å². The molecule has 0 saturated carbocycles. The molecule has 118 valence electrons. The number of aromatic nitrogens is 2. The largest absolute Gasteiger partial charge is 0.472 e. The molecule has 1 aliphatic heterocycles. The molecule has 0 spiro atoms. The Morgan fingerprint density at radius 2 is 1.82 bits per heavy atom. The lowest BCUT2D eigenvalue weighted by atomic mass is 10.2. The van der Waals surface area contributed by atoms with Crippen LogP contribution >= 0.6 is 11.7 Å². The molecule has 0 atom stereocenters. The SMILES string of the molecule is CC(C)Oc1nsnc1N1CCN(Cc2ccccc2)CC1. The first kappa shape index (κ1) is 15.2. The molecular formula is C16H22N4OS. The maximum Gasteiger partial charge on any atom is 0.271 e. The van der Waals surface area contributed by atoms with Crippen LogP contribution in [0.2, 0.25) is 0 Å². The fourth-order valence-electron chi connectivity index (χ4n) is 2.63. The molecule has 22 heavy (non-hydrogen) atoms. The van der Waals surface area contributed by atoms with Gasteiger partial charge in [0.25, 0.3) is 5.88 Å². The van der Waals surface area contributed by atoms with Gasteiger partial charge in [0.1, 0.15) is 0 Å². The first-order valence-corrected chi connectivity index (χ1v) is 8.46. The number of piperazine rings is 1. The van der Waals surface area contributed by atoms with Gasteiger partial charge >= 0.3 is 0 Å². The second-order valence-electron chi connectivity index (χ2n) is 5.81. The van der Waals surface area contributed by atoms with Crippen molar-refractivity contribution in [3.05, 3.63) is 35.9 Å². The van der Waals surface area contributed by atoms with Gasteiger partial charge in [-0.2, -0.15) is 4.37 Å². The molecule has 1 saturated heterocycles. The Hall–Kier alpha value is -1.66. The number of hydrogen-bond donors (Lipinski definition) is 0. The Morgan fingerprint density at radius 1 is 1.09 bits per heavy atom. The van der Waals surface area contributed by atoms with Crippen molar-refractivity contribution in [1.82, 2.24) is 13.6 Å². The molecule has 1 aromatic heterocycles. The van der Waals surface area contributed by atoms with E-state index >= 15 is 0 Å². The van der Waals surface area contributed by atoms with Gasteiger partial charge in [0.05, 0.1) is 17.8 Å². The van der Waals surface area contributed by atoms with E-state index in [1.807, 2.05) is 13.8 Å². The monoisotopic (exact) mass is 318 g/mol. The zero-order valence-electron chi connectivity index (χ0n) is 13.1. The lowest BCUT2D eigenvalue weighted by Gasteiger charge is -2.34. The normalized spacial score (nSPS) is 16.2. The summed E-state index contributed by atoms with van der Waals surface area (Å²) in [5.41, 5.74) is 1.37. The van der Waals surface area contributed by atoms with Crippen molar-refractivity contribution >= 4 is 17.5 Å². The standard InChI is InChI=1S/C16H22N4OS/c1-13(2)21-16-15(17-22-18-16)20-10-8-19(9-11-20)12-14-6-4-3-5-7-14/h3-7,13H,8-12H2,1-2H3. The summed E-state index contributed by atoms with van der Waals surface area (Å²) < 4.78 is 14.4. The third-order valence-electron chi connectivity index (χ3n) is 3.71. The number of benzene rings is 1. The van der Waals surface area contributed by atoms with Gasteiger partial charge < -0.3 is 9.64 Å². The first-order valence-electron chi connectivity index (χ1n) is 7.73.